The Hall–Kier alpha value is -2.93. The van der Waals surface area contributed by atoms with Crippen molar-refractivity contribution < 1.29 is 14.2 Å². The van der Waals surface area contributed by atoms with Gasteiger partial charge < -0.3 is 30.2 Å². The third-order valence-corrected chi connectivity index (χ3v) is 4.08. The van der Waals surface area contributed by atoms with E-state index in [9.17, 15) is 0 Å². The number of rotatable bonds is 12. The van der Waals surface area contributed by atoms with E-state index < -0.39 is 0 Å². The molecule has 7 nitrogen and oxygen atoms in total. The van der Waals surface area contributed by atoms with E-state index in [1.54, 1.807) is 14.2 Å². The minimum Gasteiger partial charge on any atom is -0.497 e. The Bertz CT molecular complexity index is 718. The highest BCUT2D eigenvalue weighted by atomic mass is 16.5. The van der Waals surface area contributed by atoms with Crippen LogP contribution in [-0.4, -0.2) is 53.0 Å². The van der Waals surface area contributed by atoms with E-state index in [1.807, 2.05) is 31.2 Å². The van der Waals surface area contributed by atoms with Crippen molar-refractivity contribution in [3.8, 4) is 11.5 Å². The Morgan fingerprint density at radius 2 is 1.59 bits per heavy atom. The van der Waals surface area contributed by atoms with Crippen LogP contribution in [0.1, 0.15) is 12.5 Å². The summed E-state index contributed by atoms with van der Waals surface area (Å²) in [5.74, 6) is 2.40. The molecule has 0 heterocycles. The molecule has 0 aliphatic carbocycles. The highest BCUT2D eigenvalue weighted by Crippen LogP contribution is 2.16. The SMILES string of the molecule is CCNC(=NCc1ccc(NCCOC)cc1)NCCOc1ccc(OC)cc1. The van der Waals surface area contributed by atoms with Gasteiger partial charge in [-0.05, 0) is 48.9 Å². The van der Waals surface area contributed by atoms with Crippen molar-refractivity contribution in [3.05, 3.63) is 54.1 Å². The van der Waals surface area contributed by atoms with Gasteiger partial charge in [0.05, 0.1) is 26.8 Å². The summed E-state index contributed by atoms with van der Waals surface area (Å²) in [7, 11) is 3.35. The molecule has 0 aromatic heterocycles. The first-order valence-electron chi connectivity index (χ1n) is 9.86. The maximum Gasteiger partial charge on any atom is 0.191 e. The molecule has 0 spiro atoms. The van der Waals surface area contributed by atoms with Crippen molar-refractivity contribution in [2.45, 2.75) is 13.5 Å². The first-order valence-corrected chi connectivity index (χ1v) is 9.86. The number of methoxy groups -OCH3 is 2. The van der Waals surface area contributed by atoms with Crippen LogP contribution in [0.15, 0.2) is 53.5 Å². The monoisotopic (exact) mass is 400 g/mol. The fourth-order valence-electron chi connectivity index (χ4n) is 2.55. The molecule has 0 unspecified atom stereocenters. The summed E-state index contributed by atoms with van der Waals surface area (Å²) in [6, 6.07) is 15.8. The van der Waals surface area contributed by atoms with E-state index in [2.05, 4.69) is 45.2 Å². The lowest BCUT2D eigenvalue weighted by Gasteiger charge is -2.12. The van der Waals surface area contributed by atoms with E-state index in [0.29, 0.717) is 26.3 Å². The highest BCUT2D eigenvalue weighted by molar-refractivity contribution is 5.79. The van der Waals surface area contributed by atoms with Crippen LogP contribution >= 0.6 is 0 Å². The Kier molecular flexibility index (Phi) is 10.2. The number of anilines is 1. The van der Waals surface area contributed by atoms with Crippen LogP contribution in [0.4, 0.5) is 5.69 Å². The van der Waals surface area contributed by atoms with Gasteiger partial charge in [0.15, 0.2) is 5.96 Å². The van der Waals surface area contributed by atoms with Crippen molar-refractivity contribution in [2.24, 2.45) is 4.99 Å². The molecule has 3 N–H and O–H groups in total. The summed E-state index contributed by atoms with van der Waals surface area (Å²) in [5, 5.41) is 9.85. The molecule has 0 radical (unpaired) electrons. The third kappa shape index (κ3) is 8.74. The Labute approximate surface area is 173 Å². The minimum atomic E-state index is 0.540. The molecule has 0 atom stereocenters. The van der Waals surface area contributed by atoms with Crippen molar-refractivity contribution in [2.75, 3.05) is 52.4 Å². The highest BCUT2D eigenvalue weighted by Gasteiger charge is 2.00. The van der Waals surface area contributed by atoms with Crippen molar-refractivity contribution in [1.29, 1.82) is 0 Å². The van der Waals surface area contributed by atoms with Crippen LogP contribution in [0.25, 0.3) is 0 Å². The Morgan fingerprint density at radius 1 is 0.862 bits per heavy atom. The average Bonchev–Trinajstić information content (AvgIpc) is 2.76. The number of nitrogens with zero attached hydrogens (tertiary/aromatic N) is 1. The van der Waals surface area contributed by atoms with Gasteiger partial charge in [0.1, 0.15) is 18.1 Å². The molecule has 29 heavy (non-hydrogen) atoms. The van der Waals surface area contributed by atoms with Gasteiger partial charge in [-0.2, -0.15) is 0 Å². The van der Waals surface area contributed by atoms with Crippen molar-refractivity contribution in [3.63, 3.8) is 0 Å². The van der Waals surface area contributed by atoms with Crippen LogP contribution < -0.4 is 25.4 Å². The topological polar surface area (TPSA) is 76.1 Å². The summed E-state index contributed by atoms with van der Waals surface area (Å²) in [6.07, 6.45) is 0. The van der Waals surface area contributed by atoms with Crippen molar-refractivity contribution >= 4 is 11.6 Å². The zero-order valence-corrected chi connectivity index (χ0v) is 17.5. The van der Waals surface area contributed by atoms with E-state index >= 15 is 0 Å². The number of aliphatic imine (C=N–C) groups is 1. The number of hydrogen-bond donors (Lipinski definition) is 3. The number of ether oxygens (including phenoxy) is 3. The lowest BCUT2D eigenvalue weighted by molar-refractivity contribution is 0.211. The molecule has 0 bridgehead atoms. The molecule has 0 saturated carbocycles. The van der Waals surface area contributed by atoms with Crippen LogP contribution in [0, 0.1) is 0 Å². The molecule has 2 aromatic rings. The van der Waals surface area contributed by atoms with Crippen LogP contribution in [0.3, 0.4) is 0 Å². The van der Waals surface area contributed by atoms with Gasteiger partial charge in [0.25, 0.3) is 0 Å². The van der Waals surface area contributed by atoms with Gasteiger partial charge in [-0.25, -0.2) is 4.99 Å². The molecule has 0 aliphatic rings. The van der Waals surface area contributed by atoms with E-state index in [1.165, 1.54) is 0 Å². The van der Waals surface area contributed by atoms with E-state index in [-0.39, 0.29) is 0 Å². The molecule has 2 aromatic carbocycles. The number of benzene rings is 2. The summed E-state index contributed by atoms with van der Waals surface area (Å²) >= 11 is 0. The standard InChI is InChI=1S/C22H32N4O3/c1-4-23-22(25-14-16-29-21-11-9-20(28-3)10-12-21)26-17-18-5-7-19(8-6-18)24-13-15-27-2/h5-12,24H,4,13-17H2,1-3H3,(H2,23,25,26). The lowest BCUT2D eigenvalue weighted by atomic mass is 10.2. The van der Waals surface area contributed by atoms with Gasteiger partial charge in [-0.15, -0.1) is 0 Å². The summed E-state index contributed by atoms with van der Waals surface area (Å²) < 4.78 is 15.9. The van der Waals surface area contributed by atoms with Gasteiger partial charge in [0, 0.05) is 25.9 Å². The fraction of sp³-hybridized carbons (Fsp3) is 0.409. The second-order valence-corrected chi connectivity index (χ2v) is 6.26. The summed E-state index contributed by atoms with van der Waals surface area (Å²) in [6.45, 7) is 6.12. The normalized spacial score (nSPS) is 11.1. The quantitative estimate of drug-likeness (QED) is 0.289. The zero-order chi connectivity index (χ0) is 20.7. The molecule has 7 heteroatoms. The van der Waals surface area contributed by atoms with Gasteiger partial charge >= 0.3 is 0 Å². The third-order valence-electron chi connectivity index (χ3n) is 4.08. The molecule has 2 rings (SSSR count). The maximum absolute atomic E-state index is 5.73. The van der Waals surface area contributed by atoms with Crippen molar-refractivity contribution in [1.82, 2.24) is 10.6 Å². The summed E-state index contributed by atoms with van der Waals surface area (Å²) in [4.78, 5) is 4.64. The Morgan fingerprint density at radius 3 is 2.24 bits per heavy atom. The second kappa shape index (κ2) is 13.3. The molecule has 0 saturated heterocycles. The smallest absolute Gasteiger partial charge is 0.191 e. The van der Waals surface area contributed by atoms with E-state index in [4.69, 9.17) is 14.2 Å². The maximum atomic E-state index is 5.73. The summed E-state index contributed by atoms with van der Waals surface area (Å²) in [5.41, 5.74) is 2.23. The van der Waals surface area contributed by atoms with Crippen LogP contribution in [0.2, 0.25) is 0 Å². The first-order chi connectivity index (χ1) is 14.2. The largest absolute Gasteiger partial charge is 0.497 e. The van der Waals surface area contributed by atoms with Crippen LogP contribution in [-0.2, 0) is 11.3 Å². The fourth-order valence-corrected chi connectivity index (χ4v) is 2.55. The molecular formula is C22H32N4O3. The lowest BCUT2D eigenvalue weighted by Crippen LogP contribution is -2.39. The van der Waals surface area contributed by atoms with Crippen LogP contribution in [0.5, 0.6) is 11.5 Å². The predicted molar refractivity (Wildman–Crippen MR) is 118 cm³/mol. The second-order valence-electron chi connectivity index (χ2n) is 6.26. The Balaban J connectivity index is 1.76. The number of guanidine groups is 1. The first kappa shape index (κ1) is 22.4. The van der Waals surface area contributed by atoms with E-state index in [0.717, 1.165) is 41.8 Å². The average molecular weight is 401 g/mol. The predicted octanol–water partition coefficient (Wildman–Crippen LogP) is 2.89. The number of nitrogens with one attached hydrogen (secondary N) is 3. The van der Waals surface area contributed by atoms with Gasteiger partial charge in [-0.3, -0.25) is 0 Å². The minimum absolute atomic E-state index is 0.540. The molecule has 158 valence electrons. The molecule has 0 amide bonds. The molecule has 0 aliphatic heterocycles. The zero-order valence-electron chi connectivity index (χ0n) is 17.5. The number of hydrogen-bond acceptors (Lipinski definition) is 5. The van der Waals surface area contributed by atoms with Gasteiger partial charge in [-0.1, -0.05) is 12.1 Å². The molecule has 0 fully saturated rings. The molecular weight excluding hydrogens is 368 g/mol. The van der Waals surface area contributed by atoms with Gasteiger partial charge in [0.2, 0.25) is 0 Å².